The number of halogens is 1. The monoisotopic (exact) mass is 494 g/mol. The van der Waals surface area contributed by atoms with E-state index in [1.165, 1.54) is 37.7 Å². The number of aliphatic carboxylic acids is 1. The summed E-state index contributed by atoms with van der Waals surface area (Å²) in [5.74, 6) is 1.41. The summed E-state index contributed by atoms with van der Waals surface area (Å²) >= 11 is 5.87. The van der Waals surface area contributed by atoms with Crippen molar-refractivity contribution in [3.63, 3.8) is 0 Å². The van der Waals surface area contributed by atoms with E-state index < -0.39 is 11.6 Å². The van der Waals surface area contributed by atoms with Gasteiger partial charge in [0.1, 0.15) is 30.5 Å². The van der Waals surface area contributed by atoms with Crippen molar-refractivity contribution < 1.29 is 24.1 Å². The molecule has 0 heterocycles. The Balaban J connectivity index is 1.35. The molecule has 1 atom stereocenters. The van der Waals surface area contributed by atoms with Crippen LogP contribution in [0.3, 0.4) is 0 Å². The molecule has 1 aliphatic carbocycles. The minimum atomic E-state index is -1.53. The van der Waals surface area contributed by atoms with Gasteiger partial charge in [-0.05, 0) is 79.8 Å². The van der Waals surface area contributed by atoms with Crippen LogP contribution in [-0.4, -0.2) is 24.3 Å². The van der Waals surface area contributed by atoms with Gasteiger partial charge >= 0.3 is 5.97 Å². The van der Waals surface area contributed by atoms with E-state index in [-0.39, 0.29) is 0 Å². The lowest BCUT2D eigenvalue weighted by atomic mass is 9.84. The highest BCUT2D eigenvalue weighted by molar-refractivity contribution is 6.30. The molecule has 184 valence electrons. The van der Waals surface area contributed by atoms with Crippen LogP contribution in [0.1, 0.15) is 56.1 Å². The molecule has 0 aliphatic heterocycles. The minimum Gasteiger partial charge on any atom is -0.490 e. The number of carboxylic acids is 1. The summed E-state index contributed by atoms with van der Waals surface area (Å²) in [5.41, 5.74) is 0.310. The molecule has 0 spiro atoms. The van der Waals surface area contributed by atoms with Gasteiger partial charge in [-0.25, -0.2) is 4.79 Å². The fourth-order valence-corrected chi connectivity index (χ4v) is 4.55. The fraction of sp³-hybridized carbons (Fsp3) is 0.345. The lowest BCUT2D eigenvalue weighted by molar-refractivity contribution is -0.154. The van der Waals surface area contributed by atoms with Crippen molar-refractivity contribution in [2.75, 3.05) is 13.2 Å². The second-order valence-corrected chi connectivity index (χ2v) is 9.46. The van der Waals surface area contributed by atoms with Gasteiger partial charge in [0, 0.05) is 10.6 Å². The summed E-state index contributed by atoms with van der Waals surface area (Å²) in [4.78, 5) is 12.2. The van der Waals surface area contributed by atoms with Gasteiger partial charge in [-0.2, -0.15) is 0 Å². The molecule has 1 unspecified atom stereocenters. The summed E-state index contributed by atoms with van der Waals surface area (Å²) in [6.45, 7) is 2.29. The van der Waals surface area contributed by atoms with E-state index in [4.69, 9.17) is 25.8 Å². The highest BCUT2D eigenvalue weighted by atomic mass is 35.5. The summed E-state index contributed by atoms with van der Waals surface area (Å²) in [6, 6.07) is 22.0. The topological polar surface area (TPSA) is 65.0 Å². The van der Waals surface area contributed by atoms with Crippen LogP contribution in [0.5, 0.6) is 17.2 Å². The highest BCUT2D eigenvalue weighted by Gasteiger charge is 2.38. The Kier molecular flexibility index (Phi) is 8.19. The molecule has 1 N–H and O–H groups in total. The zero-order valence-corrected chi connectivity index (χ0v) is 20.7. The van der Waals surface area contributed by atoms with Crippen LogP contribution in [0.25, 0.3) is 0 Å². The number of carbonyl (C=O) groups is 1. The second-order valence-electron chi connectivity index (χ2n) is 9.02. The molecule has 0 amide bonds. The molecular formula is C29H31ClO5. The average Bonchev–Trinajstić information content (AvgIpc) is 2.89. The van der Waals surface area contributed by atoms with E-state index in [9.17, 15) is 9.90 Å². The standard InChI is InChI=1S/C29H31ClO5/c1-29(28(31)32,35-27-13-7-22(8-14-27)21-5-3-2-4-6-21)23-9-15-25(16-10-23)33-19-20-34-26-17-11-24(30)12-18-26/h7-18,21H,2-6,19-20H2,1H3,(H,31,32). The van der Waals surface area contributed by atoms with E-state index in [1.54, 1.807) is 55.5 Å². The van der Waals surface area contributed by atoms with Crippen molar-refractivity contribution >= 4 is 17.6 Å². The normalized spacial score (nSPS) is 15.7. The smallest absolute Gasteiger partial charge is 0.352 e. The van der Waals surface area contributed by atoms with Gasteiger partial charge in [-0.3, -0.25) is 0 Å². The quantitative estimate of drug-likeness (QED) is 0.301. The van der Waals surface area contributed by atoms with Crippen molar-refractivity contribution in [1.82, 2.24) is 0 Å². The van der Waals surface area contributed by atoms with Gasteiger partial charge in [-0.15, -0.1) is 0 Å². The molecular weight excluding hydrogens is 464 g/mol. The Bertz CT molecular complexity index is 1090. The Hall–Kier alpha value is -3.18. The first kappa shape index (κ1) is 24.9. The number of carboxylic acid groups (broad SMARTS) is 1. The lowest BCUT2D eigenvalue weighted by Gasteiger charge is -2.27. The lowest BCUT2D eigenvalue weighted by Crippen LogP contribution is -2.38. The van der Waals surface area contributed by atoms with Crippen LogP contribution < -0.4 is 14.2 Å². The van der Waals surface area contributed by atoms with Crippen molar-refractivity contribution in [3.05, 3.63) is 88.9 Å². The molecule has 5 nitrogen and oxygen atoms in total. The molecule has 1 fully saturated rings. The third-order valence-corrected chi connectivity index (χ3v) is 6.78. The van der Waals surface area contributed by atoms with Crippen molar-refractivity contribution in [1.29, 1.82) is 0 Å². The fourth-order valence-electron chi connectivity index (χ4n) is 4.42. The maximum atomic E-state index is 12.2. The number of rotatable bonds is 10. The summed E-state index contributed by atoms with van der Waals surface area (Å²) in [5, 5.41) is 10.6. The van der Waals surface area contributed by atoms with Gasteiger partial charge in [-0.1, -0.05) is 55.1 Å². The van der Waals surface area contributed by atoms with Crippen LogP contribution in [0.4, 0.5) is 0 Å². The van der Waals surface area contributed by atoms with E-state index in [0.717, 1.165) is 5.75 Å². The molecule has 35 heavy (non-hydrogen) atoms. The van der Waals surface area contributed by atoms with Crippen molar-refractivity contribution in [2.45, 2.75) is 50.5 Å². The largest absolute Gasteiger partial charge is 0.490 e. The van der Waals surface area contributed by atoms with Crippen LogP contribution in [0, 0.1) is 0 Å². The van der Waals surface area contributed by atoms with E-state index >= 15 is 0 Å². The van der Waals surface area contributed by atoms with Crippen LogP contribution in [-0.2, 0) is 10.4 Å². The highest BCUT2D eigenvalue weighted by Crippen LogP contribution is 2.35. The molecule has 1 aliphatic rings. The summed E-state index contributed by atoms with van der Waals surface area (Å²) in [7, 11) is 0. The van der Waals surface area contributed by atoms with Gasteiger partial charge in [0.25, 0.3) is 0 Å². The first-order valence-electron chi connectivity index (χ1n) is 12.1. The van der Waals surface area contributed by atoms with E-state index in [2.05, 4.69) is 12.1 Å². The molecule has 1 saturated carbocycles. The van der Waals surface area contributed by atoms with Crippen molar-refractivity contribution in [2.24, 2.45) is 0 Å². The maximum absolute atomic E-state index is 12.2. The van der Waals surface area contributed by atoms with Crippen LogP contribution >= 0.6 is 11.6 Å². The van der Waals surface area contributed by atoms with Gasteiger partial charge in [0.2, 0.25) is 5.60 Å². The second kappa shape index (κ2) is 11.5. The zero-order valence-electron chi connectivity index (χ0n) is 19.9. The molecule has 3 aromatic carbocycles. The number of hydrogen-bond acceptors (Lipinski definition) is 4. The first-order valence-corrected chi connectivity index (χ1v) is 12.5. The average molecular weight is 495 g/mol. The third-order valence-electron chi connectivity index (χ3n) is 6.53. The van der Waals surface area contributed by atoms with Gasteiger partial charge in [0.15, 0.2) is 0 Å². The Labute approximate surface area is 211 Å². The van der Waals surface area contributed by atoms with E-state index in [0.29, 0.717) is 41.2 Å². The Morgan fingerprint density at radius 2 is 1.34 bits per heavy atom. The summed E-state index contributed by atoms with van der Waals surface area (Å²) < 4.78 is 17.4. The third kappa shape index (κ3) is 6.49. The van der Waals surface area contributed by atoms with Crippen molar-refractivity contribution in [3.8, 4) is 17.2 Å². The van der Waals surface area contributed by atoms with Gasteiger partial charge in [0.05, 0.1) is 0 Å². The number of hydrogen-bond donors (Lipinski definition) is 1. The minimum absolute atomic E-state index is 0.349. The number of benzene rings is 3. The first-order chi connectivity index (χ1) is 16.9. The molecule has 6 heteroatoms. The SMILES string of the molecule is CC(Oc1ccc(C2CCCCC2)cc1)(C(=O)O)c1ccc(OCCOc2ccc(Cl)cc2)cc1. The molecule has 0 bridgehead atoms. The van der Waals surface area contributed by atoms with Crippen LogP contribution in [0.2, 0.25) is 5.02 Å². The molecule has 0 aromatic heterocycles. The molecule has 0 saturated heterocycles. The molecule has 4 rings (SSSR count). The molecule has 3 aromatic rings. The van der Waals surface area contributed by atoms with Gasteiger partial charge < -0.3 is 19.3 Å². The van der Waals surface area contributed by atoms with E-state index in [1.807, 2.05) is 12.1 Å². The zero-order chi connectivity index (χ0) is 24.7. The Morgan fingerprint density at radius 3 is 1.89 bits per heavy atom. The number of ether oxygens (including phenoxy) is 3. The summed E-state index contributed by atoms with van der Waals surface area (Å²) in [6.07, 6.45) is 6.29. The predicted octanol–water partition coefficient (Wildman–Crippen LogP) is 7.22. The molecule has 0 radical (unpaired) electrons. The van der Waals surface area contributed by atoms with Crippen LogP contribution in [0.15, 0.2) is 72.8 Å². The predicted molar refractivity (Wildman–Crippen MR) is 137 cm³/mol. The maximum Gasteiger partial charge on any atom is 0.352 e. The Morgan fingerprint density at radius 1 is 0.829 bits per heavy atom.